The van der Waals surface area contributed by atoms with Crippen molar-refractivity contribution in [3.63, 3.8) is 0 Å². The first kappa shape index (κ1) is 49.0. The van der Waals surface area contributed by atoms with Crippen LogP contribution in [-0.4, -0.2) is 3.21 Å². The molecule has 0 saturated heterocycles. The smallest absolute Gasteiger partial charge is 1.00 e. The van der Waals surface area contributed by atoms with Gasteiger partial charge in [-0.2, -0.15) is 0 Å². The molecule has 10 rings (SSSR count). The van der Waals surface area contributed by atoms with Gasteiger partial charge < -0.3 is 24.8 Å². The third kappa shape index (κ3) is 9.87. The van der Waals surface area contributed by atoms with E-state index in [0.29, 0.717) is 0 Å². The molecule has 8 aromatic rings. The molecule has 0 saturated carbocycles. The predicted molar refractivity (Wildman–Crippen MR) is 281 cm³/mol. The summed E-state index contributed by atoms with van der Waals surface area (Å²) < 4.78 is 5.09. The molecule has 0 aliphatic heterocycles. The average molecular weight is 1000 g/mol. The molecule has 0 aromatic heterocycles. The second-order valence-corrected chi connectivity index (χ2v) is 26.8. The Labute approximate surface area is 425 Å². The van der Waals surface area contributed by atoms with Crippen LogP contribution in [0.5, 0.6) is 0 Å². The van der Waals surface area contributed by atoms with Gasteiger partial charge in [0.05, 0.1) is 0 Å². The van der Waals surface area contributed by atoms with Gasteiger partial charge in [-0.25, -0.2) is 0 Å². The molecule has 0 nitrogen and oxygen atoms in total. The van der Waals surface area contributed by atoms with Crippen LogP contribution < -0.4 is 28.1 Å². The largest absolute Gasteiger partial charge is 1.00 e. The molecule has 68 heavy (non-hydrogen) atoms. The second-order valence-electron chi connectivity index (χ2n) is 20.4. The van der Waals surface area contributed by atoms with Crippen molar-refractivity contribution in [1.82, 2.24) is 0 Å². The van der Waals surface area contributed by atoms with Crippen LogP contribution in [-0.2, 0) is 51.4 Å². The average Bonchev–Trinajstić information content (AvgIpc) is 4.00. The Hall–Kier alpha value is -5.43. The Bertz CT molecular complexity index is 3120. The van der Waals surface area contributed by atoms with E-state index < -0.39 is 21.3 Å². The van der Waals surface area contributed by atoms with Crippen LogP contribution in [0.25, 0.3) is 55.6 Å². The van der Waals surface area contributed by atoms with Crippen LogP contribution in [0, 0.1) is 0 Å². The van der Waals surface area contributed by atoms with Gasteiger partial charge in [0.1, 0.15) is 0 Å². The number of benzene rings is 8. The van der Waals surface area contributed by atoms with Crippen LogP contribution in [0.2, 0.25) is 0 Å². The second kappa shape index (κ2) is 20.7. The van der Waals surface area contributed by atoms with Crippen molar-refractivity contribution in [3.05, 3.63) is 243 Å². The summed E-state index contributed by atoms with van der Waals surface area (Å²) in [6.07, 6.45) is 11.2. The van der Waals surface area contributed by atoms with Gasteiger partial charge in [0.25, 0.3) is 0 Å². The zero-order chi connectivity index (χ0) is 45.4. The van der Waals surface area contributed by atoms with Crippen molar-refractivity contribution >= 4 is 6.48 Å². The summed E-state index contributed by atoms with van der Waals surface area (Å²) in [6, 6.07) is 71.0. The minimum Gasteiger partial charge on any atom is -1.00 e. The molecule has 0 fully saturated rings. The van der Waals surface area contributed by atoms with E-state index in [-0.39, 0.29) is 35.6 Å². The molecule has 0 radical (unpaired) electrons. The van der Waals surface area contributed by atoms with E-state index in [0.717, 1.165) is 25.7 Å². The molecular weight excluding hydrogens is 943 g/mol. The van der Waals surface area contributed by atoms with Crippen LogP contribution in [0.4, 0.5) is 0 Å². The van der Waals surface area contributed by atoms with Gasteiger partial charge in [0.15, 0.2) is 0 Å². The van der Waals surface area contributed by atoms with E-state index in [1.54, 1.807) is 15.3 Å². The fraction of sp³-hybridized carbons (Fsp3) is 0.185. The summed E-state index contributed by atoms with van der Waals surface area (Å²) >= 11 is -3.08. The van der Waals surface area contributed by atoms with Crippen LogP contribution in [0.1, 0.15) is 81.3 Å². The predicted octanol–water partition coefficient (Wildman–Crippen LogP) is 10.3. The van der Waals surface area contributed by atoms with Gasteiger partial charge in [0, 0.05) is 0 Å². The van der Waals surface area contributed by atoms with E-state index in [1.165, 1.54) is 83.5 Å². The van der Waals surface area contributed by atoms with Gasteiger partial charge >= 0.3 is 404 Å². The number of halogens is 2. The first-order chi connectivity index (χ1) is 32.0. The van der Waals surface area contributed by atoms with E-state index in [2.05, 4.69) is 248 Å². The van der Waals surface area contributed by atoms with Gasteiger partial charge in [0.2, 0.25) is 0 Å². The molecule has 2 aliphatic rings. The topological polar surface area (TPSA) is 0 Å². The van der Waals surface area contributed by atoms with Crippen LogP contribution in [0.3, 0.4) is 0 Å². The minimum atomic E-state index is -3.08. The number of fused-ring (bicyclic) bond motifs is 3. The monoisotopic (exact) mass is 1000 g/mol. The van der Waals surface area contributed by atoms with Crippen molar-refractivity contribution in [2.45, 2.75) is 78.1 Å². The summed E-state index contributed by atoms with van der Waals surface area (Å²) in [5.74, 6) is 0. The third-order valence-corrected chi connectivity index (χ3v) is 21.4. The van der Waals surface area contributed by atoms with Gasteiger partial charge in [-0.15, -0.1) is 0 Å². The zero-order valence-electron chi connectivity index (χ0n) is 40.2. The molecule has 0 amide bonds. The van der Waals surface area contributed by atoms with Crippen molar-refractivity contribution in [2.75, 3.05) is 0 Å². The van der Waals surface area contributed by atoms with Gasteiger partial charge in [-0.3, -0.25) is 0 Å². The maximum Gasteiger partial charge on any atom is -1.00 e. The third-order valence-electron chi connectivity index (χ3n) is 13.8. The summed E-state index contributed by atoms with van der Waals surface area (Å²) in [5, 5.41) is 0. The fourth-order valence-electron chi connectivity index (χ4n) is 10.6. The van der Waals surface area contributed by atoms with Crippen LogP contribution in [0.15, 0.2) is 210 Å². The van der Waals surface area contributed by atoms with E-state index in [4.69, 9.17) is 0 Å². The number of hydrogen-bond acceptors (Lipinski definition) is 0. The normalized spacial score (nSPS) is 12.5. The standard InChI is InChI=1S/C45H41.C15H14.C5H5.2ClH.Zr/c1-44(2,3)42-28-38-32(26-40(42)36-23-15-13-21-34(36)30-17-9-7-10-18-30)25-33-27-41(43(29-39(33)38)45(4,5)6)37-24-16-14-22-35(37)31-19-11-8-12-20-31;1-3-8-14(9-4-1)12-7-13-15-10-5-2-6-11-15;1-2-4-5-3-1;;;/h7-24,26,28-29H,25H2,1-6H3;1-6,8-11H,12-13H2;1-3H,4H2;2*1H;/q;;;;;+2/p-2. The Morgan fingerprint density at radius 1 is 0.456 bits per heavy atom. The first-order valence-electron chi connectivity index (χ1n) is 23.9. The summed E-state index contributed by atoms with van der Waals surface area (Å²) in [4.78, 5) is 0. The maximum absolute atomic E-state index is 3.08. The molecule has 0 spiro atoms. The van der Waals surface area contributed by atoms with Crippen molar-refractivity contribution in [2.24, 2.45) is 0 Å². The molecule has 0 N–H and O–H groups in total. The quantitative estimate of drug-likeness (QED) is 0.128. The fourth-order valence-corrected chi connectivity index (χ4v) is 19.3. The Kier molecular flexibility index (Phi) is 14.9. The molecule has 0 heterocycles. The number of hydrogen-bond donors (Lipinski definition) is 0. The van der Waals surface area contributed by atoms with E-state index >= 15 is 0 Å². The number of allylic oxidation sites excluding steroid dienone is 4. The van der Waals surface area contributed by atoms with Crippen molar-refractivity contribution < 1.29 is 46.1 Å². The molecule has 2 aliphatic carbocycles. The molecular formula is C65H60Cl2Zr. The minimum absolute atomic E-state index is 0. The first-order valence-corrected chi connectivity index (χ1v) is 27.6. The molecule has 338 valence electrons. The van der Waals surface area contributed by atoms with Crippen molar-refractivity contribution in [3.8, 4) is 55.6 Å². The van der Waals surface area contributed by atoms with E-state index in [9.17, 15) is 0 Å². The van der Waals surface area contributed by atoms with Crippen molar-refractivity contribution in [1.29, 1.82) is 0 Å². The van der Waals surface area contributed by atoms with Crippen LogP contribution >= 0.6 is 0 Å². The molecule has 3 heteroatoms. The maximum atomic E-state index is 2.65. The molecule has 0 unspecified atom stereocenters. The molecule has 8 aromatic carbocycles. The zero-order valence-corrected chi connectivity index (χ0v) is 44.2. The SMILES string of the molecule is CC(C)(C)c1cc2c(cc1-c1ccccc1-c1ccccc1)Cc1c-2cc(C(C)(C)C)c(-c2ccccc2-c2ccccc2)[c]1[Zr+2]([C]1=CC=CC1)=[C](Cc1ccccc1)Cc1ccccc1.[Cl-].[Cl-]. The Morgan fingerprint density at radius 3 is 1.41 bits per heavy atom. The van der Waals surface area contributed by atoms with E-state index in [1.807, 2.05) is 0 Å². The summed E-state index contributed by atoms with van der Waals surface area (Å²) in [7, 11) is 0. The van der Waals surface area contributed by atoms with Gasteiger partial charge in [-0.05, 0) is 0 Å². The Morgan fingerprint density at radius 2 is 0.912 bits per heavy atom. The van der Waals surface area contributed by atoms with Gasteiger partial charge in [-0.1, -0.05) is 0 Å². The molecule has 0 atom stereocenters. The number of rotatable bonds is 10. The molecule has 0 bridgehead atoms. The summed E-state index contributed by atoms with van der Waals surface area (Å²) in [5.41, 5.74) is 21.9. The Balaban J connectivity index is 0.00000312. The summed E-state index contributed by atoms with van der Waals surface area (Å²) in [6.45, 7) is 14.5.